The maximum absolute atomic E-state index is 13.5. The number of nitrogens with one attached hydrogen (secondary N) is 1. The van der Waals surface area contributed by atoms with Crippen LogP contribution in [-0.4, -0.2) is 19.8 Å². The second-order valence-corrected chi connectivity index (χ2v) is 4.16. The molecule has 1 heterocycles. The van der Waals surface area contributed by atoms with Crippen molar-refractivity contribution in [3.8, 4) is 0 Å². The lowest BCUT2D eigenvalue weighted by Gasteiger charge is -2.24. The van der Waals surface area contributed by atoms with Gasteiger partial charge in [0.1, 0.15) is 5.82 Å². The molecule has 1 fully saturated rings. The Hall–Kier alpha value is -0.160. The van der Waals surface area contributed by atoms with Gasteiger partial charge in [0.15, 0.2) is 0 Å². The third-order valence-electron chi connectivity index (χ3n) is 2.26. The minimum absolute atomic E-state index is 0. The highest BCUT2D eigenvalue weighted by molar-refractivity contribution is 9.10. The summed E-state index contributed by atoms with van der Waals surface area (Å²) in [6, 6.07) is 5.09. The largest absolute Gasteiger partial charge is 0.378 e. The Labute approximate surface area is 103 Å². The zero-order valence-corrected chi connectivity index (χ0v) is 10.4. The third-order valence-corrected chi connectivity index (χ3v) is 2.75. The lowest BCUT2D eigenvalue weighted by Crippen LogP contribution is -2.35. The summed E-state index contributed by atoms with van der Waals surface area (Å²) in [6.07, 6.45) is 0. The number of morpholine rings is 1. The molecule has 1 aromatic rings. The fraction of sp³-hybridized carbons (Fsp3) is 0.400. The highest BCUT2D eigenvalue weighted by atomic mass is 79.9. The van der Waals surface area contributed by atoms with E-state index < -0.39 is 0 Å². The molecule has 0 aromatic heterocycles. The Morgan fingerprint density at radius 3 is 2.87 bits per heavy atom. The molecule has 0 saturated carbocycles. The number of rotatable bonds is 1. The number of benzene rings is 1. The van der Waals surface area contributed by atoms with Gasteiger partial charge in [-0.2, -0.15) is 0 Å². The van der Waals surface area contributed by atoms with Crippen molar-refractivity contribution in [3.63, 3.8) is 0 Å². The summed E-state index contributed by atoms with van der Waals surface area (Å²) in [7, 11) is 0. The van der Waals surface area contributed by atoms with Gasteiger partial charge in [-0.05, 0) is 12.1 Å². The maximum Gasteiger partial charge on any atom is 0.129 e. The van der Waals surface area contributed by atoms with Gasteiger partial charge in [0.05, 0.1) is 19.3 Å². The zero-order chi connectivity index (χ0) is 9.97. The van der Waals surface area contributed by atoms with Crippen molar-refractivity contribution in [3.05, 3.63) is 34.1 Å². The first-order chi connectivity index (χ1) is 6.77. The highest BCUT2D eigenvalue weighted by Crippen LogP contribution is 2.22. The van der Waals surface area contributed by atoms with Gasteiger partial charge in [-0.25, -0.2) is 4.39 Å². The second-order valence-electron chi connectivity index (χ2n) is 3.25. The van der Waals surface area contributed by atoms with E-state index in [1.807, 2.05) is 6.07 Å². The Balaban J connectivity index is 0.00000112. The molecule has 0 amide bonds. The van der Waals surface area contributed by atoms with Gasteiger partial charge in [-0.1, -0.05) is 22.0 Å². The second kappa shape index (κ2) is 5.80. The average Bonchev–Trinajstić information content (AvgIpc) is 2.19. The van der Waals surface area contributed by atoms with Gasteiger partial charge >= 0.3 is 0 Å². The molecule has 0 unspecified atom stereocenters. The fourth-order valence-corrected chi connectivity index (χ4v) is 1.88. The van der Waals surface area contributed by atoms with E-state index in [0.717, 1.165) is 11.0 Å². The van der Waals surface area contributed by atoms with Crippen LogP contribution < -0.4 is 5.32 Å². The van der Waals surface area contributed by atoms with Crippen molar-refractivity contribution in [2.24, 2.45) is 0 Å². The van der Waals surface area contributed by atoms with Crippen LogP contribution in [0.15, 0.2) is 22.7 Å². The van der Waals surface area contributed by atoms with Gasteiger partial charge in [0.2, 0.25) is 0 Å². The summed E-state index contributed by atoms with van der Waals surface area (Å²) >= 11 is 3.23. The van der Waals surface area contributed by atoms with E-state index in [1.165, 1.54) is 6.07 Å². The number of hydrogen-bond acceptors (Lipinski definition) is 2. The summed E-state index contributed by atoms with van der Waals surface area (Å²) < 4.78 is 19.5. The molecule has 0 aliphatic carbocycles. The smallest absolute Gasteiger partial charge is 0.129 e. The van der Waals surface area contributed by atoms with Crippen LogP contribution in [-0.2, 0) is 4.74 Å². The Morgan fingerprint density at radius 2 is 2.27 bits per heavy atom. The van der Waals surface area contributed by atoms with Gasteiger partial charge in [0, 0.05) is 16.6 Å². The minimum atomic E-state index is -0.192. The van der Waals surface area contributed by atoms with Crippen LogP contribution in [0.2, 0.25) is 0 Å². The normalized spacial score (nSPS) is 20.8. The first kappa shape index (κ1) is 12.9. The Morgan fingerprint density at radius 1 is 1.47 bits per heavy atom. The van der Waals surface area contributed by atoms with E-state index >= 15 is 0 Å². The average molecular weight is 297 g/mol. The molecule has 1 saturated heterocycles. The van der Waals surface area contributed by atoms with Crippen molar-refractivity contribution < 1.29 is 9.13 Å². The highest BCUT2D eigenvalue weighted by Gasteiger charge is 2.18. The van der Waals surface area contributed by atoms with Crippen LogP contribution in [0.1, 0.15) is 11.6 Å². The molecular weight excluding hydrogens is 284 g/mol. The predicted molar refractivity (Wildman–Crippen MR) is 62.9 cm³/mol. The summed E-state index contributed by atoms with van der Waals surface area (Å²) in [4.78, 5) is 0. The van der Waals surface area contributed by atoms with Crippen LogP contribution in [0, 0.1) is 5.82 Å². The molecule has 1 N–H and O–H groups in total. The number of ether oxygens (including phenoxy) is 1. The van der Waals surface area contributed by atoms with Crippen molar-refractivity contribution in [2.45, 2.75) is 6.04 Å². The molecule has 0 spiro atoms. The third kappa shape index (κ3) is 3.14. The monoisotopic (exact) mass is 295 g/mol. The lowest BCUT2D eigenvalue weighted by molar-refractivity contribution is 0.0757. The molecule has 2 nitrogen and oxygen atoms in total. The molecule has 1 aliphatic heterocycles. The van der Waals surface area contributed by atoms with Crippen molar-refractivity contribution in [2.75, 3.05) is 19.8 Å². The molecular formula is C10H12BrClFNO. The quantitative estimate of drug-likeness (QED) is 0.860. The summed E-state index contributed by atoms with van der Waals surface area (Å²) in [6.45, 7) is 2.02. The van der Waals surface area contributed by atoms with Crippen LogP contribution in [0.5, 0.6) is 0 Å². The number of halogens is 3. The molecule has 5 heteroatoms. The van der Waals surface area contributed by atoms with E-state index in [0.29, 0.717) is 18.8 Å². The van der Waals surface area contributed by atoms with E-state index in [-0.39, 0.29) is 24.3 Å². The molecule has 15 heavy (non-hydrogen) atoms. The SMILES string of the molecule is Cl.Fc1cc(Br)ccc1[C@H]1COCCN1. The summed E-state index contributed by atoms with van der Waals surface area (Å²) in [5, 5.41) is 3.22. The molecule has 0 bridgehead atoms. The topological polar surface area (TPSA) is 21.3 Å². The van der Waals surface area contributed by atoms with Crippen molar-refractivity contribution in [1.82, 2.24) is 5.32 Å². The van der Waals surface area contributed by atoms with Crippen LogP contribution in [0.4, 0.5) is 4.39 Å². The minimum Gasteiger partial charge on any atom is -0.378 e. The molecule has 84 valence electrons. The van der Waals surface area contributed by atoms with Crippen molar-refractivity contribution >= 4 is 28.3 Å². The zero-order valence-electron chi connectivity index (χ0n) is 8.00. The van der Waals surface area contributed by atoms with E-state index in [1.54, 1.807) is 6.07 Å². The van der Waals surface area contributed by atoms with Gasteiger partial charge in [-0.3, -0.25) is 0 Å². The van der Waals surface area contributed by atoms with Crippen molar-refractivity contribution in [1.29, 1.82) is 0 Å². The molecule has 1 aliphatic rings. The predicted octanol–water partition coefficient (Wildman–Crippen LogP) is 2.67. The lowest BCUT2D eigenvalue weighted by atomic mass is 10.1. The summed E-state index contributed by atoms with van der Waals surface area (Å²) in [5.74, 6) is -0.192. The van der Waals surface area contributed by atoms with E-state index in [4.69, 9.17) is 4.74 Å². The molecule has 1 atom stereocenters. The Bertz CT molecular complexity index is 331. The van der Waals surface area contributed by atoms with Gasteiger partial charge in [0.25, 0.3) is 0 Å². The van der Waals surface area contributed by atoms with E-state index in [2.05, 4.69) is 21.2 Å². The van der Waals surface area contributed by atoms with Crippen LogP contribution in [0.3, 0.4) is 0 Å². The van der Waals surface area contributed by atoms with Crippen LogP contribution >= 0.6 is 28.3 Å². The first-order valence-corrected chi connectivity index (χ1v) is 5.33. The summed E-state index contributed by atoms with van der Waals surface area (Å²) in [5.41, 5.74) is 0.674. The fourth-order valence-electron chi connectivity index (χ4n) is 1.55. The van der Waals surface area contributed by atoms with Crippen LogP contribution in [0.25, 0.3) is 0 Å². The standard InChI is InChI=1S/C10H11BrFNO.ClH/c11-7-1-2-8(9(12)5-7)10-6-14-4-3-13-10;/h1-2,5,10,13H,3-4,6H2;1H/t10-;/m1./s1. The van der Waals surface area contributed by atoms with Gasteiger partial charge in [-0.15, -0.1) is 12.4 Å². The first-order valence-electron chi connectivity index (χ1n) is 4.53. The molecule has 1 aromatic carbocycles. The van der Waals surface area contributed by atoms with Gasteiger partial charge < -0.3 is 10.1 Å². The Kier molecular flexibility index (Phi) is 4.99. The number of hydrogen-bond donors (Lipinski definition) is 1. The molecule has 2 rings (SSSR count). The van der Waals surface area contributed by atoms with E-state index in [9.17, 15) is 4.39 Å². The maximum atomic E-state index is 13.5. The molecule has 0 radical (unpaired) electrons.